The summed E-state index contributed by atoms with van der Waals surface area (Å²) in [6.07, 6.45) is 0. The third-order valence-corrected chi connectivity index (χ3v) is 4.15. The Morgan fingerprint density at radius 3 is 2.33 bits per heavy atom. The zero-order valence-corrected chi connectivity index (χ0v) is 15.0. The lowest BCUT2D eigenvalue weighted by atomic mass is 9.96. The van der Waals surface area contributed by atoms with Crippen LogP contribution < -0.4 is 14.8 Å². The Kier molecular flexibility index (Phi) is 5.85. The average Bonchev–Trinajstić information content (AvgIpc) is 2.56. The number of ether oxygens (including phenoxy) is 2. The van der Waals surface area contributed by atoms with Crippen LogP contribution >= 0.6 is 0 Å². The van der Waals surface area contributed by atoms with E-state index in [1.165, 1.54) is 16.7 Å². The number of carbonyl (C=O) groups excluding carboxylic acids is 1. The lowest BCUT2D eigenvalue weighted by Gasteiger charge is -2.19. The molecule has 0 saturated heterocycles. The molecular weight excluding hydrogens is 302 g/mol. The molecule has 0 heterocycles. The molecule has 2 rings (SSSR count). The number of benzene rings is 2. The van der Waals surface area contributed by atoms with Crippen molar-refractivity contribution in [2.75, 3.05) is 13.7 Å². The van der Waals surface area contributed by atoms with Gasteiger partial charge >= 0.3 is 0 Å². The summed E-state index contributed by atoms with van der Waals surface area (Å²) in [5.74, 6) is 1.01. The largest absolute Gasteiger partial charge is 0.493 e. The summed E-state index contributed by atoms with van der Waals surface area (Å²) in [4.78, 5) is 12.2. The highest BCUT2D eigenvalue weighted by molar-refractivity contribution is 5.78. The van der Waals surface area contributed by atoms with Crippen LogP contribution in [0.5, 0.6) is 11.5 Å². The van der Waals surface area contributed by atoms with Crippen LogP contribution in [-0.2, 0) is 4.79 Å². The molecule has 0 radical (unpaired) electrons. The van der Waals surface area contributed by atoms with Crippen molar-refractivity contribution in [3.8, 4) is 11.5 Å². The molecular formula is C20H25NO3. The van der Waals surface area contributed by atoms with Crippen LogP contribution in [0.15, 0.2) is 36.4 Å². The minimum absolute atomic E-state index is 0.0470. The monoisotopic (exact) mass is 327 g/mol. The van der Waals surface area contributed by atoms with E-state index in [2.05, 4.69) is 38.2 Å². The maximum Gasteiger partial charge on any atom is 0.258 e. The van der Waals surface area contributed by atoms with E-state index in [0.29, 0.717) is 11.5 Å². The highest BCUT2D eigenvalue weighted by Crippen LogP contribution is 2.26. The van der Waals surface area contributed by atoms with Crippen molar-refractivity contribution in [2.45, 2.75) is 33.7 Å². The molecule has 0 aliphatic carbocycles. The van der Waals surface area contributed by atoms with Gasteiger partial charge in [-0.2, -0.15) is 0 Å². The maximum absolute atomic E-state index is 12.2. The van der Waals surface area contributed by atoms with E-state index in [0.717, 1.165) is 5.56 Å². The number of aryl methyl sites for hydroxylation is 3. The molecule has 4 heteroatoms. The van der Waals surface area contributed by atoms with Crippen LogP contribution in [0.25, 0.3) is 0 Å². The molecule has 128 valence electrons. The summed E-state index contributed by atoms with van der Waals surface area (Å²) >= 11 is 0. The van der Waals surface area contributed by atoms with Gasteiger partial charge in [0.05, 0.1) is 13.2 Å². The fourth-order valence-corrected chi connectivity index (χ4v) is 2.69. The summed E-state index contributed by atoms with van der Waals surface area (Å²) in [5, 5.41) is 2.99. The van der Waals surface area contributed by atoms with E-state index in [-0.39, 0.29) is 18.6 Å². The van der Waals surface area contributed by atoms with E-state index in [1.807, 2.05) is 19.1 Å². The fraction of sp³-hybridized carbons (Fsp3) is 0.350. The van der Waals surface area contributed by atoms with Crippen molar-refractivity contribution in [1.29, 1.82) is 0 Å². The Hall–Kier alpha value is -2.49. The first-order valence-electron chi connectivity index (χ1n) is 8.05. The third-order valence-electron chi connectivity index (χ3n) is 4.15. The topological polar surface area (TPSA) is 47.6 Å². The number of rotatable bonds is 6. The van der Waals surface area contributed by atoms with E-state index in [9.17, 15) is 4.79 Å². The first-order chi connectivity index (χ1) is 11.4. The van der Waals surface area contributed by atoms with Crippen molar-refractivity contribution in [2.24, 2.45) is 0 Å². The lowest BCUT2D eigenvalue weighted by Crippen LogP contribution is -2.31. The number of hydrogen-bond acceptors (Lipinski definition) is 3. The Bertz CT molecular complexity index is 725. The van der Waals surface area contributed by atoms with E-state index >= 15 is 0 Å². The van der Waals surface area contributed by atoms with Crippen LogP contribution in [0.4, 0.5) is 0 Å². The molecule has 0 aromatic heterocycles. The number of amides is 1. The summed E-state index contributed by atoms with van der Waals surface area (Å²) in [5.41, 5.74) is 4.79. The Labute approximate surface area is 143 Å². The molecule has 0 aliphatic heterocycles. The normalized spacial score (nSPS) is 11.7. The number of nitrogens with one attached hydrogen (secondary N) is 1. The van der Waals surface area contributed by atoms with Crippen molar-refractivity contribution in [3.05, 3.63) is 58.7 Å². The molecule has 0 aliphatic rings. The minimum atomic E-state index is -0.161. The second-order valence-electron chi connectivity index (χ2n) is 6.02. The van der Waals surface area contributed by atoms with Crippen LogP contribution in [0.2, 0.25) is 0 Å². The first kappa shape index (κ1) is 17.9. The zero-order valence-electron chi connectivity index (χ0n) is 15.0. The van der Waals surface area contributed by atoms with Gasteiger partial charge in [-0.25, -0.2) is 0 Å². The average molecular weight is 327 g/mol. The molecule has 0 saturated carbocycles. The Morgan fingerprint density at radius 1 is 1.04 bits per heavy atom. The molecule has 0 spiro atoms. The molecule has 4 nitrogen and oxygen atoms in total. The standard InChI is InChI=1S/C20H25NO3/c1-13-10-15(3)17(11-14(13)2)16(4)21-20(22)12-24-19-9-7-6-8-18(19)23-5/h6-11,16H,12H2,1-5H3,(H,21,22)/t16-/m1/s1. The molecule has 2 aromatic rings. The van der Waals surface area contributed by atoms with Gasteiger partial charge in [0.15, 0.2) is 18.1 Å². The van der Waals surface area contributed by atoms with Crippen LogP contribution in [-0.4, -0.2) is 19.6 Å². The summed E-state index contributed by atoms with van der Waals surface area (Å²) in [7, 11) is 1.58. The van der Waals surface area contributed by atoms with Crippen LogP contribution in [0.1, 0.15) is 35.2 Å². The summed E-state index contributed by atoms with van der Waals surface area (Å²) < 4.78 is 10.8. The van der Waals surface area contributed by atoms with Gasteiger partial charge in [-0.1, -0.05) is 24.3 Å². The molecule has 24 heavy (non-hydrogen) atoms. The first-order valence-corrected chi connectivity index (χ1v) is 8.05. The number of para-hydroxylation sites is 2. The van der Waals surface area contributed by atoms with Crippen molar-refractivity contribution < 1.29 is 14.3 Å². The highest BCUT2D eigenvalue weighted by Gasteiger charge is 2.14. The molecule has 0 unspecified atom stereocenters. The number of hydrogen-bond donors (Lipinski definition) is 1. The summed E-state index contributed by atoms with van der Waals surface area (Å²) in [6.45, 7) is 8.18. The van der Waals surface area contributed by atoms with Gasteiger partial charge in [-0.3, -0.25) is 4.79 Å². The molecule has 1 atom stereocenters. The van der Waals surface area contributed by atoms with Gasteiger partial charge < -0.3 is 14.8 Å². The van der Waals surface area contributed by atoms with Crippen molar-refractivity contribution in [1.82, 2.24) is 5.32 Å². The van der Waals surface area contributed by atoms with Gasteiger partial charge in [0.25, 0.3) is 5.91 Å². The minimum Gasteiger partial charge on any atom is -0.493 e. The van der Waals surface area contributed by atoms with E-state index < -0.39 is 0 Å². The van der Waals surface area contributed by atoms with Gasteiger partial charge in [-0.05, 0) is 62.1 Å². The van der Waals surface area contributed by atoms with Gasteiger partial charge in [0, 0.05) is 0 Å². The fourth-order valence-electron chi connectivity index (χ4n) is 2.69. The Morgan fingerprint density at radius 2 is 1.67 bits per heavy atom. The SMILES string of the molecule is COc1ccccc1OCC(=O)N[C@H](C)c1cc(C)c(C)cc1C. The maximum atomic E-state index is 12.2. The molecule has 0 bridgehead atoms. The van der Waals surface area contributed by atoms with Crippen LogP contribution in [0, 0.1) is 20.8 Å². The predicted molar refractivity (Wildman–Crippen MR) is 95.7 cm³/mol. The predicted octanol–water partition coefficient (Wildman–Crippen LogP) is 3.88. The van der Waals surface area contributed by atoms with E-state index in [4.69, 9.17) is 9.47 Å². The van der Waals surface area contributed by atoms with Crippen molar-refractivity contribution >= 4 is 5.91 Å². The Balaban J connectivity index is 1.98. The molecule has 1 N–H and O–H groups in total. The van der Waals surface area contributed by atoms with Gasteiger partial charge in [0.2, 0.25) is 0 Å². The molecule has 0 fully saturated rings. The number of methoxy groups -OCH3 is 1. The van der Waals surface area contributed by atoms with E-state index in [1.54, 1.807) is 19.2 Å². The highest BCUT2D eigenvalue weighted by atomic mass is 16.5. The second-order valence-corrected chi connectivity index (χ2v) is 6.02. The second kappa shape index (κ2) is 7.86. The quantitative estimate of drug-likeness (QED) is 0.876. The molecule has 2 aromatic carbocycles. The van der Waals surface area contributed by atoms with Gasteiger partial charge in [0.1, 0.15) is 0 Å². The summed E-state index contributed by atoms with van der Waals surface area (Å²) in [6, 6.07) is 11.5. The smallest absolute Gasteiger partial charge is 0.258 e. The van der Waals surface area contributed by atoms with Gasteiger partial charge in [-0.15, -0.1) is 0 Å². The third kappa shape index (κ3) is 4.28. The van der Waals surface area contributed by atoms with Crippen molar-refractivity contribution in [3.63, 3.8) is 0 Å². The molecule has 1 amide bonds. The van der Waals surface area contributed by atoms with Crippen LogP contribution in [0.3, 0.4) is 0 Å². The number of carbonyl (C=O) groups is 1. The zero-order chi connectivity index (χ0) is 17.7. The lowest BCUT2D eigenvalue weighted by molar-refractivity contribution is -0.123.